The van der Waals surface area contributed by atoms with Crippen molar-refractivity contribution in [3.63, 3.8) is 0 Å². The summed E-state index contributed by atoms with van der Waals surface area (Å²) in [5.41, 5.74) is 6.64. The number of nitrogens with one attached hydrogen (secondary N) is 1. The van der Waals surface area contributed by atoms with Gasteiger partial charge in [-0.3, -0.25) is 4.90 Å². The zero-order valence-corrected chi connectivity index (χ0v) is 23.3. The number of benzene rings is 3. The molecule has 1 aliphatic heterocycles. The van der Waals surface area contributed by atoms with Crippen LogP contribution in [-0.2, 0) is 6.54 Å². The highest BCUT2D eigenvalue weighted by atomic mass is 19.1. The number of nitrogens with zero attached hydrogens (tertiary/aromatic N) is 4. The van der Waals surface area contributed by atoms with Crippen LogP contribution in [0.1, 0.15) is 49.3 Å². The molecule has 2 heterocycles. The summed E-state index contributed by atoms with van der Waals surface area (Å²) >= 11 is 0. The average molecular weight is 538 g/mol. The first kappa shape index (κ1) is 26.7. The summed E-state index contributed by atoms with van der Waals surface area (Å²) in [5.74, 6) is 0.580. The maximum absolute atomic E-state index is 14.1. The lowest BCUT2D eigenvalue weighted by molar-refractivity contribution is 0.256. The number of rotatable bonds is 9. The van der Waals surface area contributed by atoms with E-state index in [1.807, 2.05) is 18.2 Å². The molecule has 0 unspecified atom stereocenters. The number of hydrogen-bond acceptors (Lipinski definition) is 4. The summed E-state index contributed by atoms with van der Waals surface area (Å²) in [6.45, 7) is 6.18. The van der Waals surface area contributed by atoms with Crippen molar-refractivity contribution in [3.8, 4) is 16.9 Å². The third kappa shape index (κ3) is 6.29. The van der Waals surface area contributed by atoms with Gasteiger partial charge in [0.15, 0.2) is 0 Å². The van der Waals surface area contributed by atoms with Gasteiger partial charge in [-0.25, -0.2) is 9.07 Å². The van der Waals surface area contributed by atoms with Crippen molar-refractivity contribution in [3.05, 3.63) is 102 Å². The van der Waals surface area contributed by atoms with E-state index < -0.39 is 0 Å². The average Bonchev–Trinajstić information content (AvgIpc) is 3.45. The normalized spacial score (nSPS) is 16.9. The van der Waals surface area contributed by atoms with Gasteiger partial charge in [0, 0.05) is 51.4 Å². The van der Waals surface area contributed by atoms with Crippen molar-refractivity contribution < 1.29 is 4.39 Å². The van der Waals surface area contributed by atoms with Crippen LogP contribution in [0.5, 0.6) is 0 Å². The Balaban J connectivity index is 1.07. The Morgan fingerprint density at radius 3 is 2.27 bits per heavy atom. The number of halogens is 1. The molecule has 5 nitrogen and oxygen atoms in total. The van der Waals surface area contributed by atoms with Crippen molar-refractivity contribution in [2.75, 3.05) is 44.2 Å². The van der Waals surface area contributed by atoms with Crippen LogP contribution in [-0.4, -0.2) is 53.9 Å². The second-order valence-corrected chi connectivity index (χ2v) is 11.2. The molecular weight excluding hydrogens is 497 g/mol. The summed E-state index contributed by atoms with van der Waals surface area (Å²) in [6, 6.07) is 28.9. The van der Waals surface area contributed by atoms with Gasteiger partial charge >= 0.3 is 0 Å². The molecule has 3 aromatic carbocycles. The van der Waals surface area contributed by atoms with Gasteiger partial charge in [-0.15, -0.1) is 0 Å². The van der Waals surface area contributed by atoms with Crippen LogP contribution in [0.4, 0.5) is 10.1 Å². The van der Waals surface area contributed by atoms with Crippen molar-refractivity contribution in [2.24, 2.45) is 0 Å². The summed E-state index contributed by atoms with van der Waals surface area (Å²) in [7, 11) is 0. The molecule has 0 radical (unpaired) electrons. The van der Waals surface area contributed by atoms with Gasteiger partial charge in [-0.1, -0.05) is 73.9 Å². The molecule has 1 saturated carbocycles. The topological polar surface area (TPSA) is 36.3 Å². The number of anilines is 1. The highest BCUT2D eigenvalue weighted by Gasteiger charge is 2.19. The van der Waals surface area contributed by atoms with Crippen molar-refractivity contribution in [1.82, 2.24) is 20.0 Å². The molecule has 208 valence electrons. The molecule has 2 fully saturated rings. The SMILES string of the molecule is Fc1ccccc1N1CCN(CCNCc2cc(-c3ccc(C4CCCCC4)cc3)n(-c3ccccc3)n2)CC1. The van der Waals surface area contributed by atoms with E-state index in [-0.39, 0.29) is 5.82 Å². The quantitative estimate of drug-likeness (QED) is 0.243. The van der Waals surface area contributed by atoms with Crippen LogP contribution in [0.15, 0.2) is 84.9 Å². The van der Waals surface area contributed by atoms with E-state index in [0.717, 1.165) is 62.9 Å². The van der Waals surface area contributed by atoms with Gasteiger partial charge in [0.1, 0.15) is 5.82 Å². The minimum atomic E-state index is -0.132. The van der Waals surface area contributed by atoms with Crippen LogP contribution in [0, 0.1) is 5.82 Å². The summed E-state index contributed by atoms with van der Waals surface area (Å²) in [5, 5.41) is 8.61. The smallest absolute Gasteiger partial charge is 0.146 e. The summed E-state index contributed by atoms with van der Waals surface area (Å²) in [4.78, 5) is 4.60. The van der Waals surface area contributed by atoms with Crippen LogP contribution >= 0.6 is 0 Å². The van der Waals surface area contributed by atoms with Gasteiger partial charge in [0.05, 0.1) is 22.8 Å². The predicted octanol–water partition coefficient (Wildman–Crippen LogP) is 6.64. The summed E-state index contributed by atoms with van der Waals surface area (Å²) in [6.07, 6.45) is 6.73. The first-order valence-electron chi connectivity index (χ1n) is 14.9. The zero-order valence-electron chi connectivity index (χ0n) is 23.3. The fraction of sp³-hybridized carbons (Fsp3) is 0.382. The van der Waals surface area contributed by atoms with E-state index in [2.05, 4.69) is 74.4 Å². The van der Waals surface area contributed by atoms with Gasteiger partial charge < -0.3 is 10.2 Å². The Bertz CT molecular complexity index is 1350. The molecule has 4 aromatic rings. The van der Waals surface area contributed by atoms with Crippen LogP contribution in [0.2, 0.25) is 0 Å². The maximum atomic E-state index is 14.1. The Hall–Kier alpha value is -3.48. The number of hydrogen-bond donors (Lipinski definition) is 1. The molecule has 0 atom stereocenters. The van der Waals surface area contributed by atoms with E-state index in [1.54, 1.807) is 12.1 Å². The summed E-state index contributed by atoms with van der Waals surface area (Å²) < 4.78 is 16.2. The Morgan fingerprint density at radius 1 is 0.800 bits per heavy atom. The molecule has 0 spiro atoms. The van der Waals surface area contributed by atoms with E-state index in [0.29, 0.717) is 11.6 Å². The van der Waals surface area contributed by atoms with Gasteiger partial charge in [-0.2, -0.15) is 5.10 Å². The van der Waals surface area contributed by atoms with Gasteiger partial charge in [0.2, 0.25) is 0 Å². The van der Waals surface area contributed by atoms with E-state index >= 15 is 0 Å². The molecule has 1 saturated heterocycles. The first-order chi connectivity index (χ1) is 19.7. The lowest BCUT2D eigenvalue weighted by Crippen LogP contribution is -2.48. The predicted molar refractivity (Wildman–Crippen MR) is 162 cm³/mol. The third-order valence-corrected chi connectivity index (χ3v) is 8.52. The highest BCUT2D eigenvalue weighted by Crippen LogP contribution is 2.34. The minimum absolute atomic E-state index is 0.132. The van der Waals surface area contributed by atoms with Crippen molar-refractivity contribution in [2.45, 2.75) is 44.6 Å². The standard InChI is InChI=1S/C34H40FN5/c35-32-13-7-8-14-33(32)39-23-21-38(22-24-39)20-19-36-26-30-25-34(40(37-30)31-11-5-2-6-12-31)29-17-15-28(16-18-29)27-9-3-1-4-10-27/h2,5-8,11-18,25,27,36H,1,3-4,9-10,19-24,26H2. The molecule has 0 bridgehead atoms. The van der Waals surface area contributed by atoms with Crippen LogP contribution in [0.25, 0.3) is 16.9 Å². The van der Waals surface area contributed by atoms with E-state index in [9.17, 15) is 4.39 Å². The molecule has 40 heavy (non-hydrogen) atoms. The molecule has 2 aliphatic rings. The molecule has 6 heteroatoms. The van der Waals surface area contributed by atoms with Crippen LogP contribution in [0.3, 0.4) is 0 Å². The lowest BCUT2D eigenvalue weighted by atomic mass is 9.84. The molecule has 0 amide bonds. The molecular formula is C34H40FN5. The molecule has 1 aromatic heterocycles. The fourth-order valence-electron chi connectivity index (χ4n) is 6.22. The second-order valence-electron chi connectivity index (χ2n) is 11.2. The first-order valence-corrected chi connectivity index (χ1v) is 14.9. The van der Waals surface area contributed by atoms with Crippen molar-refractivity contribution in [1.29, 1.82) is 0 Å². The fourth-order valence-corrected chi connectivity index (χ4v) is 6.22. The number of para-hydroxylation sites is 2. The maximum Gasteiger partial charge on any atom is 0.146 e. The van der Waals surface area contributed by atoms with Gasteiger partial charge in [0.25, 0.3) is 0 Å². The van der Waals surface area contributed by atoms with E-state index in [4.69, 9.17) is 5.10 Å². The van der Waals surface area contributed by atoms with E-state index in [1.165, 1.54) is 43.2 Å². The highest BCUT2D eigenvalue weighted by molar-refractivity contribution is 5.63. The molecule has 1 N–H and O–H groups in total. The van der Waals surface area contributed by atoms with Crippen molar-refractivity contribution >= 4 is 5.69 Å². The number of aromatic nitrogens is 2. The number of piperazine rings is 1. The molecule has 6 rings (SSSR count). The Labute approximate surface area is 237 Å². The van der Waals surface area contributed by atoms with Gasteiger partial charge in [-0.05, 0) is 54.7 Å². The monoisotopic (exact) mass is 537 g/mol. The minimum Gasteiger partial charge on any atom is -0.367 e. The molecule has 1 aliphatic carbocycles. The zero-order chi connectivity index (χ0) is 27.1. The second kappa shape index (κ2) is 12.8. The Kier molecular flexibility index (Phi) is 8.55. The third-order valence-electron chi connectivity index (χ3n) is 8.52. The Morgan fingerprint density at radius 2 is 1.52 bits per heavy atom. The van der Waals surface area contributed by atoms with Crippen LogP contribution < -0.4 is 10.2 Å². The largest absolute Gasteiger partial charge is 0.367 e. The lowest BCUT2D eigenvalue weighted by Gasteiger charge is -2.36.